The van der Waals surface area contributed by atoms with Crippen molar-refractivity contribution in [1.82, 2.24) is 15.1 Å². The number of nitrogens with zero attached hydrogens (tertiary/aromatic N) is 2. The number of piperazine rings is 1. The topological polar surface area (TPSA) is 18.5 Å². The number of nitrogens with one attached hydrogen (secondary N) is 1. The minimum Gasteiger partial charge on any atom is -0.312 e. The molecule has 0 spiro atoms. The first kappa shape index (κ1) is 15.7. The van der Waals surface area contributed by atoms with Crippen molar-refractivity contribution in [3.63, 3.8) is 0 Å². The van der Waals surface area contributed by atoms with Gasteiger partial charge in [-0.3, -0.25) is 0 Å². The molecule has 1 aliphatic rings. The van der Waals surface area contributed by atoms with E-state index in [1.165, 1.54) is 44.0 Å². The normalized spacial score (nSPS) is 18.1. The highest BCUT2D eigenvalue weighted by atomic mass is 79.9. The molecular formula is C13H21BrClN3S. The summed E-state index contributed by atoms with van der Waals surface area (Å²) < 4.78 is 1.85. The van der Waals surface area contributed by atoms with Crippen molar-refractivity contribution < 1.29 is 0 Å². The maximum absolute atomic E-state index is 6.02. The number of thiophene rings is 1. The molecule has 0 amide bonds. The fraction of sp³-hybridized carbons (Fsp3) is 0.692. The summed E-state index contributed by atoms with van der Waals surface area (Å²) in [5.74, 6) is 0. The molecule has 2 heterocycles. The summed E-state index contributed by atoms with van der Waals surface area (Å²) in [7, 11) is 2.20. The molecule has 2 rings (SSSR count). The zero-order chi connectivity index (χ0) is 13.7. The molecule has 1 N–H and O–H groups in total. The monoisotopic (exact) mass is 365 g/mol. The predicted molar refractivity (Wildman–Crippen MR) is 87.3 cm³/mol. The second-order valence-electron chi connectivity index (χ2n) is 5.01. The van der Waals surface area contributed by atoms with Gasteiger partial charge in [-0.15, -0.1) is 11.3 Å². The van der Waals surface area contributed by atoms with Crippen molar-refractivity contribution in [3.05, 3.63) is 19.8 Å². The van der Waals surface area contributed by atoms with Crippen molar-refractivity contribution in [2.75, 3.05) is 46.3 Å². The van der Waals surface area contributed by atoms with Gasteiger partial charge in [-0.1, -0.05) is 11.6 Å². The van der Waals surface area contributed by atoms with Crippen molar-refractivity contribution in [2.45, 2.75) is 13.0 Å². The molecule has 0 aromatic carbocycles. The zero-order valence-corrected chi connectivity index (χ0v) is 14.5. The molecule has 3 nitrogen and oxygen atoms in total. The van der Waals surface area contributed by atoms with Gasteiger partial charge in [-0.2, -0.15) is 0 Å². The van der Waals surface area contributed by atoms with Gasteiger partial charge in [0.1, 0.15) is 4.34 Å². The van der Waals surface area contributed by atoms with Crippen LogP contribution in [0.2, 0.25) is 4.34 Å². The van der Waals surface area contributed by atoms with E-state index in [-0.39, 0.29) is 0 Å². The average Bonchev–Trinajstić information content (AvgIpc) is 2.71. The highest BCUT2D eigenvalue weighted by Crippen LogP contribution is 2.31. The lowest BCUT2D eigenvalue weighted by molar-refractivity contribution is 0.153. The van der Waals surface area contributed by atoms with Gasteiger partial charge >= 0.3 is 0 Å². The fourth-order valence-electron chi connectivity index (χ4n) is 2.19. The number of rotatable bonds is 6. The smallest absolute Gasteiger partial charge is 0.107 e. The van der Waals surface area contributed by atoms with Crippen molar-refractivity contribution >= 4 is 38.9 Å². The van der Waals surface area contributed by atoms with Crippen LogP contribution in [0.5, 0.6) is 0 Å². The third-order valence-corrected chi connectivity index (χ3v) is 5.89. The van der Waals surface area contributed by atoms with Crippen molar-refractivity contribution in [3.8, 4) is 0 Å². The third kappa shape index (κ3) is 5.33. The molecule has 1 aliphatic heterocycles. The number of hydrogen-bond acceptors (Lipinski definition) is 4. The Morgan fingerprint density at radius 1 is 1.37 bits per heavy atom. The molecule has 0 aliphatic carbocycles. The Hall–Kier alpha value is 0.350. The lowest BCUT2D eigenvalue weighted by Gasteiger charge is -2.32. The maximum atomic E-state index is 6.02. The second-order valence-corrected chi connectivity index (χ2v) is 7.60. The predicted octanol–water partition coefficient (Wildman–Crippen LogP) is 2.89. The largest absolute Gasteiger partial charge is 0.312 e. The molecule has 1 saturated heterocycles. The van der Waals surface area contributed by atoms with Crippen molar-refractivity contribution in [1.29, 1.82) is 0 Å². The molecule has 1 aromatic heterocycles. The van der Waals surface area contributed by atoms with E-state index in [1.54, 1.807) is 11.3 Å². The van der Waals surface area contributed by atoms with Crippen LogP contribution in [0.25, 0.3) is 0 Å². The first-order valence-corrected chi connectivity index (χ1v) is 8.69. The molecular weight excluding hydrogens is 346 g/mol. The minimum absolute atomic E-state index is 0.842. The summed E-state index contributed by atoms with van der Waals surface area (Å²) in [5, 5.41) is 3.48. The summed E-state index contributed by atoms with van der Waals surface area (Å²) in [6.45, 7) is 8.02. The van der Waals surface area contributed by atoms with Gasteiger partial charge < -0.3 is 15.1 Å². The van der Waals surface area contributed by atoms with Crippen LogP contribution in [0.3, 0.4) is 0 Å². The Morgan fingerprint density at radius 2 is 2.11 bits per heavy atom. The molecule has 1 aromatic rings. The molecule has 0 saturated carbocycles. The fourth-order valence-corrected chi connectivity index (χ4v) is 3.95. The van der Waals surface area contributed by atoms with E-state index < -0.39 is 0 Å². The van der Waals surface area contributed by atoms with Crippen LogP contribution in [0.4, 0.5) is 0 Å². The van der Waals surface area contributed by atoms with Gasteiger partial charge in [0.25, 0.3) is 0 Å². The van der Waals surface area contributed by atoms with Gasteiger partial charge in [-0.05, 0) is 48.6 Å². The number of hydrogen-bond donors (Lipinski definition) is 1. The van der Waals surface area contributed by atoms with Gasteiger partial charge in [0, 0.05) is 42.1 Å². The van der Waals surface area contributed by atoms with Crippen LogP contribution in [-0.2, 0) is 6.54 Å². The summed E-state index contributed by atoms with van der Waals surface area (Å²) in [5.41, 5.74) is 0. The third-order valence-electron chi connectivity index (χ3n) is 3.42. The SMILES string of the molecule is CN1CCN(CCCNCc2cc(Br)c(Cl)s2)CC1. The van der Waals surface area contributed by atoms with E-state index in [2.05, 4.69) is 44.2 Å². The quantitative estimate of drug-likeness (QED) is 0.781. The van der Waals surface area contributed by atoms with E-state index >= 15 is 0 Å². The summed E-state index contributed by atoms with van der Waals surface area (Å²) in [4.78, 5) is 6.24. The Labute approximate surface area is 133 Å². The van der Waals surface area contributed by atoms with E-state index in [0.717, 1.165) is 21.9 Å². The Bertz CT molecular complexity index is 372. The van der Waals surface area contributed by atoms with Gasteiger partial charge in [0.15, 0.2) is 0 Å². The molecule has 1 fully saturated rings. The molecule has 0 atom stereocenters. The average molecular weight is 367 g/mol. The summed E-state index contributed by atoms with van der Waals surface area (Å²) in [6, 6.07) is 2.10. The van der Waals surface area contributed by atoms with Crippen LogP contribution < -0.4 is 5.32 Å². The molecule has 0 radical (unpaired) electrons. The maximum Gasteiger partial charge on any atom is 0.107 e. The van der Waals surface area contributed by atoms with Crippen LogP contribution in [0.15, 0.2) is 10.5 Å². The molecule has 0 bridgehead atoms. The van der Waals surface area contributed by atoms with E-state index in [0.29, 0.717) is 0 Å². The van der Waals surface area contributed by atoms with Crippen LogP contribution in [0, 0.1) is 0 Å². The number of likely N-dealkylation sites (N-methyl/N-ethyl adjacent to an activating group) is 1. The molecule has 19 heavy (non-hydrogen) atoms. The van der Waals surface area contributed by atoms with Crippen LogP contribution in [0.1, 0.15) is 11.3 Å². The van der Waals surface area contributed by atoms with Crippen LogP contribution in [-0.4, -0.2) is 56.1 Å². The molecule has 0 unspecified atom stereocenters. The lowest BCUT2D eigenvalue weighted by atomic mass is 10.3. The second kappa shape index (κ2) is 7.96. The highest BCUT2D eigenvalue weighted by molar-refractivity contribution is 9.10. The molecule has 6 heteroatoms. The van der Waals surface area contributed by atoms with Gasteiger partial charge in [0.2, 0.25) is 0 Å². The standard InChI is InChI=1S/C13H21BrClN3S/c1-17-5-7-18(8-6-17)4-2-3-16-10-11-9-12(14)13(15)19-11/h9,16H,2-8,10H2,1H3. The first-order valence-electron chi connectivity index (χ1n) is 6.70. The van der Waals surface area contributed by atoms with Crippen molar-refractivity contribution in [2.24, 2.45) is 0 Å². The van der Waals surface area contributed by atoms with E-state index in [4.69, 9.17) is 11.6 Å². The van der Waals surface area contributed by atoms with E-state index in [9.17, 15) is 0 Å². The van der Waals surface area contributed by atoms with Gasteiger partial charge in [-0.25, -0.2) is 0 Å². The first-order chi connectivity index (χ1) is 9.15. The Morgan fingerprint density at radius 3 is 2.74 bits per heavy atom. The lowest BCUT2D eigenvalue weighted by Crippen LogP contribution is -2.45. The minimum atomic E-state index is 0.842. The Kier molecular flexibility index (Phi) is 6.59. The molecule has 108 valence electrons. The highest BCUT2D eigenvalue weighted by Gasteiger charge is 2.12. The van der Waals surface area contributed by atoms with E-state index in [1.807, 2.05) is 0 Å². The van der Waals surface area contributed by atoms with Crippen LogP contribution >= 0.6 is 38.9 Å². The van der Waals surface area contributed by atoms with Gasteiger partial charge in [0.05, 0.1) is 0 Å². The zero-order valence-electron chi connectivity index (χ0n) is 11.3. The summed E-state index contributed by atoms with van der Waals surface area (Å²) in [6.07, 6.45) is 1.21. The Balaban J connectivity index is 1.55. The number of halogens is 2. The summed E-state index contributed by atoms with van der Waals surface area (Å²) >= 11 is 11.1.